The minimum Gasteiger partial charge on any atom is -0.310 e. The van der Waals surface area contributed by atoms with E-state index in [-0.39, 0.29) is 0 Å². The molecule has 1 unspecified atom stereocenters. The number of alkyl halides is 3. The zero-order valence-corrected chi connectivity index (χ0v) is 11.1. The van der Waals surface area contributed by atoms with Crippen LogP contribution in [0.3, 0.4) is 0 Å². The molecule has 1 nitrogen and oxygen atoms in total. The molecule has 18 heavy (non-hydrogen) atoms. The molecule has 1 rings (SSSR count). The van der Waals surface area contributed by atoms with Gasteiger partial charge >= 0.3 is 6.18 Å². The number of aryl methyl sites for hydroxylation is 2. The molecule has 0 bridgehead atoms. The lowest BCUT2D eigenvalue weighted by molar-refractivity contribution is -0.140. The number of hydrogen-bond donors (Lipinski definition) is 1. The van der Waals surface area contributed by atoms with Crippen LogP contribution in [-0.2, 0) is 0 Å². The average Bonchev–Trinajstić information content (AvgIpc) is 2.23. The van der Waals surface area contributed by atoms with Crippen LogP contribution in [0.25, 0.3) is 0 Å². The van der Waals surface area contributed by atoms with Gasteiger partial charge in [0.25, 0.3) is 0 Å². The van der Waals surface area contributed by atoms with Crippen molar-refractivity contribution in [3.05, 3.63) is 34.9 Å². The van der Waals surface area contributed by atoms with Crippen molar-refractivity contribution >= 4 is 0 Å². The van der Waals surface area contributed by atoms with Crippen LogP contribution in [0.2, 0.25) is 0 Å². The predicted molar refractivity (Wildman–Crippen MR) is 67.6 cm³/mol. The van der Waals surface area contributed by atoms with Crippen LogP contribution in [0.15, 0.2) is 18.2 Å². The number of halogens is 3. The van der Waals surface area contributed by atoms with Gasteiger partial charge < -0.3 is 5.32 Å². The number of benzene rings is 1. The van der Waals surface area contributed by atoms with E-state index in [2.05, 4.69) is 5.32 Å². The normalized spacial score (nSPS) is 13.7. The van der Waals surface area contributed by atoms with Crippen LogP contribution >= 0.6 is 0 Å². The van der Waals surface area contributed by atoms with Gasteiger partial charge in [0.15, 0.2) is 0 Å². The topological polar surface area (TPSA) is 12.0 Å². The van der Waals surface area contributed by atoms with Crippen molar-refractivity contribution in [1.29, 1.82) is 0 Å². The van der Waals surface area contributed by atoms with E-state index in [0.29, 0.717) is 6.54 Å². The zero-order valence-electron chi connectivity index (χ0n) is 11.1. The maximum absolute atomic E-state index is 12.6. The second-order valence-corrected chi connectivity index (χ2v) is 4.69. The fraction of sp³-hybridized carbons (Fsp3) is 0.571. The van der Waals surface area contributed by atoms with Crippen molar-refractivity contribution < 1.29 is 13.2 Å². The van der Waals surface area contributed by atoms with Crippen LogP contribution in [0.4, 0.5) is 13.2 Å². The highest BCUT2D eigenvalue weighted by molar-refractivity contribution is 5.32. The van der Waals surface area contributed by atoms with Crippen LogP contribution in [0.5, 0.6) is 0 Å². The second kappa shape index (κ2) is 6.23. The lowest BCUT2D eigenvalue weighted by Gasteiger charge is -2.22. The first-order valence-electron chi connectivity index (χ1n) is 6.20. The fourth-order valence-electron chi connectivity index (χ4n) is 2.06. The fourth-order valence-corrected chi connectivity index (χ4v) is 2.06. The van der Waals surface area contributed by atoms with Gasteiger partial charge in [-0.25, -0.2) is 0 Å². The van der Waals surface area contributed by atoms with Crippen LogP contribution in [0.1, 0.15) is 42.5 Å². The summed E-state index contributed by atoms with van der Waals surface area (Å²) in [5, 5.41) is 2.98. The van der Waals surface area contributed by atoms with Crippen molar-refractivity contribution in [3.63, 3.8) is 0 Å². The molecule has 0 radical (unpaired) electrons. The zero-order chi connectivity index (χ0) is 13.8. The van der Waals surface area contributed by atoms with E-state index in [1.54, 1.807) is 6.07 Å². The van der Waals surface area contributed by atoms with Gasteiger partial charge in [-0.3, -0.25) is 0 Å². The smallest absolute Gasteiger partial charge is 0.310 e. The Hall–Kier alpha value is -1.03. The molecule has 0 spiro atoms. The Labute approximate surface area is 106 Å². The summed E-state index contributed by atoms with van der Waals surface area (Å²) in [6.07, 6.45) is -4.15. The summed E-state index contributed by atoms with van der Waals surface area (Å²) in [4.78, 5) is 0. The summed E-state index contributed by atoms with van der Waals surface area (Å²) in [6.45, 7) is 6.34. The largest absolute Gasteiger partial charge is 0.390 e. The van der Waals surface area contributed by atoms with E-state index in [0.717, 1.165) is 23.1 Å². The van der Waals surface area contributed by atoms with Gasteiger partial charge in [-0.05, 0) is 37.9 Å². The molecule has 1 atom stereocenters. The van der Waals surface area contributed by atoms with Crippen molar-refractivity contribution in [2.24, 2.45) is 0 Å². The second-order valence-electron chi connectivity index (χ2n) is 4.69. The van der Waals surface area contributed by atoms with Crippen LogP contribution in [0, 0.1) is 13.8 Å². The highest BCUT2D eigenvalue weighted by Gasteiger charge is 2.32. The Kier molecular flexibility index (Phi) is 5.20. The van der Waals surface area contributed by atoms with Crippen molar-refractivity contribution in [1.82, 2.24) is 5.32 Å². The molecule has 0 amide bonds. The Balaban J connectivity index is 2.93. The molecule has 0 heterocycles. The standard InChI is InChI=1S/C14H20F3N/c1-4-7-18-13(9-14(15,16)17)12-6-5-10(2)8-11(12)3/h5-6,8,13,18H,4,7,9H2,1-3H3. The van der Waals surface area contributed by atoms with Crippen LogP contribution < -0.4 is 5.32 Å². The molecule has 0 saturated heterocycles. The summed E-state index contributed by atoms with van der Waals surface area (Å²) in [5.74, 6) is 0. The van der Waals surface area contributed by atoms with Gasteiger partial charge in [-0.15, -0.1) is 0 Å². The summed E-state index contributed by atoms with van der Waals surface area (Å²) >= 11 is 0. The van der Waals surface area contributed by atoms with E-state index in [4.69, 9.17) is 0 Å². The van der Waals surface area contributed by atoms with Gasteiger partial charge in [0.1, 0.15) is 0 Å². The predicted octanol–water partition coefficient (Wildman–Crippen LogP) is 4.30. The molecule has 0 aliphatic heterocycles. The summed E-state index contributed by atoms with van der Waals surface area (Å²) in [5.41, 5.74) is 2.72. The third kappa shape index (κ3) is 4.69. The van der Waals surface area contributed by atoms with Gasteiger partial charge in [0.05, 0.1) is 6.42 Å². The molecule has 0 saturated carbocycles. The third-order valence-electron chi connectivity index (χ3n) is 2.88. The molecule has 1 aromatic rings. The molecule has 1 aromatic carbocycles. The molecule has 102 valence electrons. The van der Waals surface area contributed by atoms with E-state index < -0.39 is 18.6 Å². The third-order valence-corrected chi connectivity index (χ3v) is 2.88. The van der Waals surface area contributed by atoms with Crippen molar-refractivity contribution in [2.45, 2.75) is 45.8 Å². The minimum absolute atomic E-state index is 0.591. The quantitative estimate of drug-likeness (QED) is 0.831. The molecule has 1 N–H and O–H groups in total. The lowest BCUT2D eigenvalue weighted by atomic mass is 9.96. The van der Waals surface area contributed by atoms with E-state index >= 15 is 0 Å². The monoisotopic (exact) mass is 259 g/mol. The number of nitrogens with one attached hydrogen (secondary N) is 1. The van der Waals surface area contributed by atoms with Gasteiger partial charge in [0, 0.05) is 6.04 Å². The first-order chi connectivity index (χ1) is 8.33. The van der Waals surface area contributed by atoms with Gasteiger partial charge in [-0.2, -0.15) is 13.2 Å². The van der Waals surface area contributed by atoms with Crippen LogP contribution in [-0.4, -0.2) is 12.7 Å². The molecule has 0 aliphatic carbocycles. The molecular formula is C14H20F3N. The van der Waals surface area contributed by atoms with Gasteiger partial charge in [-0.1, -0.05) is 30.7 Å². The SMILES string of the molecule is CCCNC(CC(F)(F)F)c1ccc(C)cc1C. The number of rotatable bonds is 5. The molecule has 0 fully saturated rings. The number of hydrogen-bond acceptors (Lipinski definition) is 1. The Bertz CT molecular complexity index is 385. The first kappa shape index (κ1) is 15.0. The minimum atomic E-state index is -4.15. The van der Waals surface area contributed by atoms with Crippen molar-refractivity contribution in [2.75, 3.05) is 6.54 Å². The molecule has 4 heteroatoms. The average molecular weight is 259 g/mol. The Morgan fingerprint density at radius 3 is 2.39 bits per heavy atom. The Morgan fingerprint density at radius 1 is 1.22 bits per heavy atom. The Morgan fingerprint density at radius 2 is 1.89 bits per heavy atom. The van der Waals surface area contributed by atoms with Crippen molar-refractivity contribution in [3.8, 4) is 0 Å². The maximum Gasteiger partial charge on any atom is 0.390 e. The molecule has 0 aromatic heterocycles. The summed E-state index contributed by atoms with van der Waals surface area (Å²) in [6, 6.07) is 4.93. The highest BCUT2D eigenvalue weighted by Crippen LogP contribution is 2.31. The first-order valence-corrected chi connectivity index (χ1v) is 6.20. The summed E-state index contributed by atoms with van der Waals surface area (Å²) in [7, 11) is 0. The molecular weight excluding hydrogens is 239 g/mol. The summed E-state index contributed by atoms with van der Waals surface area (Å²) < 4.78 is 37.8. The van der Waals surface area contributed by atoms with E-state index in [1.165, 1.54) is 0 Å². The highest BCUT2D eigenvalue weighted by atomic mass is 19.4. The van der Waals surface area contributed by atoms with Gasteiger partial charge in [0.2, 0.25) is 0 Å². The van der Waals surface area contributed by atoms with E-state index in [1.807, 2.05) is 32.9 Å². The molecule has 0 aliphatic rings. The van der Waals surface area contributed by atoms with E-state index in [9.17, 15) is 13.2 Å². The maximum atomic E-state index is 12.6. The lowest BCUT2D eigenvalue weighted by Crippen LogP contribution is -2.28.